The molecule has 0 heterocycles. The molecule has 3 rings (SSSR count). The average Bonchev–Trinajstić information content (AvgIpc) is 2.81. The first-order valence-electron chi connectivity index (χ1n) is 9.84. The number of carbonyl (C=O) groups excluding carboxylic acids is 1. The van der Waals surface area contributed by atoms with Crippen molar-refractivity contribution in [3.05, 3.63) is 89.5 Å². The highest BCUT2D eigenvalue weighted by atomic mass is 16.5. The molecular formula is C25H27NO4. The third-order valence-electron chi connectivity index (χ3n) is 4.95. The maximum atomic E-state index is 13.6. The van der Waals surface area contributed by atoms with Crippen LogP contribution in [-0.4, -0.2) is 38.7 Å². The van der Waals surface area contributed by atoms with Gasteiger partial charge < -0.3 is 19.1 Å². The summed E-state index contributed by atoms with van der Waals surface area (Å²) in [5.74, 6) is 1.19. The summed E-state index contributed by atoms with van der Waals surface area (Å²) in [5.41, 5.74) is 2.69. The van der Waals surface area contributed by atoms with Crippen molar-refractivity contribution in [3.8, 4) is 17.2 Å². The Morgan fingerprint density at radius 2 is 1.33 bits per heavy atom. The van der Waals surface area contributed by atoms with Gasteiger partial charge >= 0.3 is 0 Å². The topological polar surface area (TPSA) is 48.0 Å². The average molecular weight is 405 g/mol. The van der Waals surface area contributed by atoms with Crippen LogP contribution in [0.4, 0.5) is 0 Å². The van der Waals surface area contributed by atoms with Gasteiger partial charge in [-0.15, -0.1) is 0 Å². The summed E-state index contributed by atoms with van der Waals surface area (Å²) in [4.78, 5) is 15.4. The van der Waals surface area contributed by atoms with Crippen LogP contribution in [0.2, 0.25) is 0 Å². The molecule has 156 valence electrons. The molecule has 0 N–H and O–H groups in total. The second-order valence-electron chi connectivity index (χ2n) is 6.83. The highest BCUT2D eigenvalue weighted by Gasteiger charge is 2.24. The summed E-state index contributed by atoms with van der Waals surface area (Å²) in [6.07, 6.45) is 0.759. The molecule has 5 heteroatoms. The molecule has 0 bridgehead atoms. The Labute approximate surface area is 177 Å². The van der Waals surface area contributed by atoms with Crippen LogP contribution in [0.1, 0.15) is 21.5 Å². The van der Waals surface area contributed by atoms with Gasteiger partial charge in [-0.1, -0.05) is 60.7 Å². The van der Waals surface area contributed by atoms with Crippen molar-refractivity contribution in [1.29, 1.82) is 0 Å². The van der Waals surface area contributed by atoms with E-state index in [4.69, 9.17) is 14.2 Å². The Morgan fingerprint density at radius 3 is 1.90 bits per heavy atom. The lowest BCUT2D eigenvalue weighted by Gasteiger charge is -2.25. The number of carbonyl (C=O) groups is 1. The van der Waals surface area contributed by atoms with Gasteiger partial charge in [-0.05, 0) is 29.7 Å². The Bertz CT molecular complexity index is 958. The zero-order chi connectivity index (χ0) is 21.3. The van der Waals surface area contributed by atoms with Crippen molar-refractivity contribution < 1.29 is 19.0 Å². The lowest BCUT2D eigenvalue weighted by molar-refractivity contribution is 0.0741. The lowest BCUT2D eigenvalue weighted by atomic mass is 10.1. The van der Waals surface area contributed by atoms with E-state index in [1.807, 2.05) is 53.4 Å². The third kappa shape index (κ3) is 4.92. The summed E-state index contributed by atoms with van der Waals surface area (Å²) in [6.45, 7) is 1.08. The second-order valence-corrected chi connectivity index (χ2v) is 6.83. The number of nitrogens with zero attached hydrogens (tertiary/aromatic N) is 1. The molecule has 0 atom stereocenters. The number of hydrogen-bond donors (Lipinski definition) is 0. The quantitative estimate of drug-likeness (QED) is 0.522. The number of amides is 1. The zero-order valence-electron chi connectivity index (χ0n) is 17.6. The number of hydrogen-bond acceptors (Lipinski definition) is 4. The van der Waals surface area contributed by atoms with Crippen molar-refractivity contribution in [1.82, 2.24) is 4.90 Å². The van der Waals surface area contributed by atoms with Crippen LogP contribution < -0.4 is 14.2 Å². The highest BCUT2D eigenvalue weighted by Crippen LogP contribution is 2.40. The molecule has 0 spiro atoms. The van der Waals surface area contributed by atoms with Gasteiger partial charge in [0.15, 0.2) is 11.5 Å². The van der Waals surface area contributed by atoms with Gasteiger partial charge in [-0.3, -0.25) is 4.79 Å². The van der Waals surface area contributed by atoms with Crippen LogP contribution in [0, 0.1) is 0 Å². The molecule has 0 fully saturated rings. The molecular weight excluding hydrogens is 378 g/mol. The Hall–Kier alpha value is -3.47. The minimum Gasteiger partial charge on any atom is -0.493 e. The van der Waals surface area contributed by atoms with Crippen molar-refractivity contribution >= 4 is 5.91 Å². The third-order valence-corrected chi connectivity index (χ3v) is 4.95. The van der Waals surface area contributed by atoms with Crippen LogP contribution in [-0.2, 0) is 13.0 Å². The van der Waals surface area contributed by atoms with Crippen molar-refractivity contribution in [2.75, 3.05) is 27.9 Å². The lowest BCUT2D eigenvalue weighted by Crippen LogP contribution is -2.33. The number of rotatable bonds is 9. The Kier molecular flexibility index (Phi) is 7.33. The SMILES string of the molecule is COc1ccc(C(=O)N(CCc2ccccc2)Cc2ccccc2)c(OC)c1OC. The molecule has 0 aliphatic carbocycles. The molecule has 3 aromatic carbocycles. The summed E-state index contributed by atoms with van der Waals surface area (Å²) in [5, 5.41) is 0. The second kappa shape index (κ2) is 10.3. The summed E-state index contributed by atoms with van der Waals surface area (Å²) < 4.78 is 16.3. The number of ether oxygens (including phenoxy) is 3. The van der Waals surface area contributed by atoms with Gasteiger partial charge in [0, 0.05) is 13.1 Å². The van der Waals surface area contributed by atoms with Gasteiger partial charge in [0.05, 0.1) is 26.9 Å². The molecule has 0 aliphatic heterocycles. The van der Waals surface area contributed by atoms with E-state index >= 15 is 0 Å². The van der Waals surface area contributed by atoms with Crippen molar-refractivity contribution in [2.45, 2.75) is 13.0 Å². The van der Waals surface area contributed by atoms with E-state index < -0.39 is 0 Å². The monoisotopic (exact) mass is 405 g/mol. The number of methoxy groups -OCH3 is 3. The molecule has 1 amide bonds. The molecule has 3 aromatic rings. The molecule has 0 saturated heterocycles. The molecule has 5 nitrogen and oxygen atoms in total. The van der Waals surface area contributed by atoms with Crippen LogP contribution in [0.3, 0.4) is 0 Å². The molecule has 30 heavy (non-hydrogen) atoms. The molecule has 0 saturated carbocycles. The van der Waals surface area contributed by atoms with E-state index in [1.54, 1.807) is 19.2 Å². The van der Waals surface area contributed by atoms with E-state index in [0.29, 0.717) is 35.9 Å². The molecule has 0 aliphatic rings. The number of benzene rings is 3. The fourth-order valence-electron chi connectivity index (χ4n) is 3.40. The maximum Gasteiger partial charge on any atom is 0.258 e. The molecule has 0 unspecified atom stereocenters. The minimum absolute atomic E-state index is 0.118. The van der Waals surface area contributed by atoms with Crippen LogP contribution in [0.5, 0.6) is 17.2 Å². The first-order valence-corrected chi connectivity index (χ1v) is 9.84. The van der Waals surface area contributed by atoms with Gasteiger partial charge in [-0.2, -0.15) is 0 Å². The van der Waals surface area contributed by atoms with E-state index in [1.165, 1.54) is 19.8 Å². The largest absolute Gasteiger partial charge is 0.493 e. The minimum atomic E-state index is -0.118. The fourth-order valence-corrected chi connectivity index (χ4v) is 3.40. The summed E-state index contributed by atoms with van der Waals surface area (Å²) >= 11 is 0. The first-order chi connectivity index (χ1) is 14.7. The Morgan fingerprint density at radius 1 is 0.733 bits per heavy atom. The smallest absolute Gasteiger partial charge is 0.258 e. The zero-order valence-corrected chi connectivity index (χ0v) is 17.6. The van der Waals surface area contributed by atoms with Gasteiger partial charge in [0.2, 0.25) is 5.75 Å². The van der Waals surface area contributed by atoms with Crippen molar-refractivity contribution in [3.63, 3.8) is 0 Å². The highest BCUT2D eigenvalue weighted by molar-refractivity contribution is 5.98. The van der Waals surface area contributed by atoms with Gasteiger partial charge in [-0.25, -0.2) is 0 Å². The standard InChI is InChI=1S/C25H27NO4/c1-28-22-15-14-21(23(29-2)24(22)30-3)25(27)26(18-20-12-8-5-9-13-20)17-16-19-10-6-4-7-11-19/h4-15H,16-18H2,1-3H3. The molecule has 0 radical (unpaired) electrons. The van der Waals surface area contributed by atoms with Gasteiger partial charge in [0.1, 0.15) is 0 Å². The normalized spacial score (nSPS) is 10.4. The fraction of sp³-hybridized carbons (Fsp3) is 0.240. The van der Waals surface area contributed by atoms with Crippen LogP contribution in [0.15, 0.2) is 72.8 Å². The van der Waals surface area contributed by atoms with E-state index in [-0.39, 0.29) is 5.91 Å². The Balaban J connectivity index is 1.92. The predicted molar refractivity (Wildman–Crippen MR) is 117 cm³/mol. The molecule has 0 aromatic heterocycles. The predicted octanol–water partition coefficient (Wildman–Crippen LogP) is 4.60. The van der Waals surface area contributed by atoms with Crippen molar-refractivity contribution in [2.24, 2.45) is 0 Å². The first kappa shape index (κ1) is 21.2. The van der Waals surface area contributed by atoms with Gasteiger partial charge in [0.25, 0.3) is 5.91 Å². The summed E-state index contributed by atoms with van der Waals surface area (Å²) in [7, 11) is 4.62. The van der Waals surface area contributed by atoms with Crippen LogP contribution >= 0.6 is 0 Å². The van der Waals surface area contributed by atoms with E-state index in [9.17, 15) is 4.79 Å². The van der Waals surface area contributed by atoms with Crippen LogP contribution in [0.25, 0.3) is 0 Å². The maximum absolute atomic E-state index is 13.6. The van der Waals surface area contributed by atoms with E-state index in [0.717, 1.165) is 12.0 Å². The van der Waals surface area contributed by atoms with E-state index in [2.05, 4.69) is 12.1 Å². The summed E-state index contributed by atoms with van der Waals surface area (Å²) in [6, 6.07) is 23.6.